The lowest BCUT2D eigenvalue weighted by molar-refractivity contribution is 0.0945. The molecule has 0 atom stereocenters. The van der Waals surface area contributed by atoms with E-state index in [1.165, 1.54) is 11.1 Å². The summed E-state index contributed by atoms with van der Waals surface area (Å²) in [5.41, 5.74) is 5.83. The molecule has 5 nitrogen and oxygen atoms in total. The second kappa shape index (κ2) is 8.74. The summed E-state index contributed by atoms with van der Waals surface area (Å²) in [5.74, 6) is 0.691. The summed E-state index contributed by atoms with van der Waals surface area (Å²) in [7, 11) is 0. The molecule has 0 unspecified atom stereocenters. The zero-order valence-corrected chi connectivity index (χ0v) is 17.0. The van der Waals surface area contributed by atoms with E-state index in [1.807, 2.05) is 49.7 Å². The number of carbonyl (C=O) groups excluding carboxylic acids is 1. The third-order valence-corrected chi connectivity index (χ3v) is 4.74. The molecule has 0 saturated heterocycles. The van der Waals surface area contributed by atoms with Crippen LogP contribution in [0.2, 0.25) is 0 Å². The summed E-state index contributed by atoms with van der Waals surface area (Å²) in [5, 5.41) is 7.49. The highest BCUT2D eigenvalue weighted by molar-refractivity contribution is 5.96. The quantitative estimate of drug-likeness (QED) is 0.634. The van der Waals surface area contributed by atoms with Crippen LogP contribution in [0.1, 0.15) is 38.4 Å². The second-order valence-corrected chi connectivity index (χ2v) is 7.11. The molecule has 3 rings (SSSR count). The fourth-order valence-corrected chi connectivity index (χ4v) is 3.10. The Morgan fingerprint density at radius 2 is 1.57 bits per heavy atom. The molecule has 3 aromatic rings. The molecule has 0 spiro atoms. The van der Waals surface area contributed by atoms with Gasteiger partial charge in [0.05, 0.1) is 24.3 Å². The lowest BCUT2D eigenvalue weighted by atomic mass is 10.1. The van der Waals surface area contributed by atoms with Gasteiger partial charge in [0.25, 0.3) is 5.91 Å². The minimum atomic E-state index is -0.113. The second-order valence-electron chi connectivity index (χ2n) is 7.11. The predicted octanol–water partition coefficient (Wildman–Crippen LogP) is 3.97. The molecule has 0 bridgehead atoms. The summed E-state index contributed by atoms with van der Waals surface area (Å²) in [4.78, 5) is 12.6. The number of aromatic nitrogens is 2. The molecule has 0 radical (unpaired) electrons. The van der Waals surface area contributed by atoms with Crippen LogP contribution < -0.4 is 10.1 Å². The van der Waals surface area contributed by atoms with E-state index in [0.29, 0.717) is 25.3 Å². The first kappa shape index (κ1) is 19.7. The van der Waals surface area contributed by atoms with Crippen LogP contribution in [0.4, 0.5) is 0 Å². The Balaban J connectivity index is 1.58. The molecule has 0 aliphatic carbocycles. The average Bonchev–Trinajstić information content (AvgIpc) is 2.95. The van der Waals surface area contributed by atoms with Gasteiger partial charge in [-0.3, -0.25) is 9.48 Å². The van der Waals surface area contributed by atoms with E-state index in [4.69, 9.17) is 4.74 Å². The van der Waals surface area contributed by atoms with E-state index < -0.39 is 0 Å². The van der Waals surface area contributed by atoms with Gasteiger partial charge in [-0.05, 0) is 45.4 Å². The zero-order valence-electron chi connectivity index (χ0n) is 17.0. The first-order valence-electron chi connectivity index (χ1n) is 9.51. The molecule has 1 aromatic heterocycles. The Morgan fingerprint density at radius 1 is 0.964 bits per heavy atom. The maximum Gasteiger partial charge on any atom is 0.255 e. The number of hydrogen-bond donors (Lipinski definition) is 1. The van der Waals surface area contributed by atoms with Crippen LogP contribution in [-0.4, -0.2) is 28.8 Å². The number of benzene rings is 2. The van der Waals surface area contributed by atoms with E-state index in [-0.39, 0.29) is 5.91 Å². The van der Waals surface area contributed by atoms with Crippen molar-refractivity contribution < 1.29 is 9.53 Å². The van der Waals surface area contributed by atoms with Crippen LogP contribution in [0.3, 0.4) is 0 Å². The topological polar surface area (TPSA) is 56.2 Å². The highest BCUT2D eigenvalue weighted by Gasteiger charge is 2.18. The lowest BCUT2D eigenvalue weighted by Crippen LogP contribution is -2.29. The number of nitrogens with zero attached hydrogens (tertiary/aromatic N) is 2. The molecule has 146 valence electrons. The molecular weight excluding hydrogens is 350 g/mol. The Bertz CT molecular complexity index is 941. The SMILES string of the molecule is Cc1ccc(Cn2nc(C)c(C(=O)NCCOc3ccc(C)cc3)c2C)cc1. The summed E-state index contributed by atoms with van der Waals surface area (Å²) < 4.78 is 7.55. The van der Waals surface area contributed by atoms with Gasteiger partial charge in [0.1, 0.15) is 12.4 Å². The molecular formula is C23H27N3O2. The van der Waals surface area contributed by atoms with Gasteiger partial charge in [-0.25, -0.2) is 0 Å². The standard InChI is InChI=1S/C23H27N3O2/c1-16-5-9-20(10-6-16)15-26-19(4)22(18(3)25-26)23(27)24-13-14-28-21-11-7-17(2)8-12-21/h5-12H,13-15H2,1-4H3,(H,24,27). The van der Waals surface area contributed by atoms with Crippen molar-refractivity contribution in [2.24, 2.45) is 0 Å². The third kappa shape index (κ3) is 4.80. The lowest BCUT2D eigenvalue weighted by Gasteiger charge is -2.09. The van der Waals surface area contributed by atoms with E-state index in [1.54, 1.807) is 0 Å². The van der Waals surface area contributed by atoms with Crippen molar-refractivity contribution in [3.05, 3.63) is 82.2 Å². The van der Waals surface area contributed by atoms with Gasteiger partial charge >= 0.3 is 0 Å². The van der Waals surface area contributed by atoms with E-state index in [2.05, 4.69) is 41.6 Å². The van der Waals surface area contributed by atoms with Gasteiger partial charge in [0.2, 0.25) is 0 Å². The normalized spacial score (nSPS) is 10.7. The predicted molar refractivity (Wildman–Crippen MR) is 111 cm³/mol. The first-order valence-corrected chi connectivity index (χ1v) is 9.51. The number of rotatable bonds is 7. The Kier molecular flexibility index (Phi) is 6.14. The van der Waals surface area contributed by atoms with Crippen LogP contribution in [-0.2, 0) is 6.54 Å². The number of ether oxygens (including phenoxy) is 1. The van der Waals surface area contributed by atoms with Crippen molar-refractivity contribution in [3.63, 3.8) is 0 Å². The van der Waals surface area contributed by atoms with Gasteiger partial charge < -0.3 is 10.1 Å². The van der Waals surface area contributed by atoms with Crippen molar-refractivity contribution in [2.45, 2.75) is 34.2 Å². The number of aryl methyl sites for hydroxylation is 3. The van der Waals surface area contributed by atoms with Gasteiger partial charge in [-0.15, -0.1) is 0 Å². The smallest absolute Gasteiger partial charge is 0.255 e. The highest BCUT2D eigenvalue weighted by Crippen LogP contribution is 2.15. The number of amides is 1. The molecule has 28 heavy (non-hydrogen) atoms. The van der Waals surface area contributed by atoms with Crippen LogP contribution in [0.25, 0.3) is 0 Å². The largest absolute Gasteiger partial charge is 0.492 e. The molecule has 2 aromatic carbocycles. The van der Waals surface area contributed by atoms with Gasteiger partial charge in [-0.1, -0.05) is 47.5 Å². The van der Waals surface area contributed by atoms with Gasteiger partial charge in [0.15, 0.2) is 0 Å². The molecule has 1 amide bonds. The van der Waals surface area contributed by atoms with E-state index in [9.17, 15) is 4.79 Å². The van der Waals surface area contributed by atoms with Crippen LogP contribution in [0, 0.1) is 27.7 Å². The van der Waals surface area contributed by atoms with Crippen LogP contribution >= 0.6 is 0 Å². The van der Waals surface area contributed by atoms with E-state index in [0.717, 1.165) is 22.7 Å². The summed E-state index contributed by atoms with van der Waals surface area (Å²) >= 11 is 0. The monoisotopic (exact) mass is 377 g/mol. The Morgan fingerprint density at radius 3 is 2.21 bits per heavy atom. The van der Waals surface area contributed by atoms with Crippen molar-refractivity contribution in [3.8, 4) is 5.75 Å². The molecule has 0 aliphatic rings. The van der Waals surface area contributed by atoms with Crippen molar-refractivity contribution in [2.75, 3.05) is 13.2 Å². The fraction of sp³-hybridized carbons (Fsp3) is 0.304. The Labute approximate surface area is 166 Å². The Hall–Kier alpha value is -3.08. The van der Waals surface area contributed by atoms with Crippen molar-refractivity contribution >= 4 is 5.91 Å². The molecule has 5 heteroatoms. The summed E-state index contributed by atoms with van der Waals surface area (Å²) in [6.07, 6.45) is 0. The summed E-state index contributed by atoms with van der Waals surface area (Å²) in [6.45, 7) is 9.42. The maximum absolute atomic E-state index is 12.6. The number of carbonyl (C=O) groups is 1. The molecule has 0 aliphatic heterocycles. The molecule has 0 saturated carbocycles. The highest BCUT2D eigenvalue weighted by atomic mass is 16.5. The average molecular weight is 377 g/mol. The minimum absolute atomic E-state index is 0.113. The first-order chi connectivity index (χ1) is 13.4. The minimum Gasteiger partial charge on any atom is -0.492 e. The number of hydrogen-bond acceptors (Lipinski definition) is 3. The maximum atomic E-state index is 12.6. The summed E-state index contributed by atoms with van der Waals surface area (Å²) in [6, 6.07) is 16.2. The fourth-order valence-electron chi connectivity index (χ4n) is 3.10. The molecule has 1 N–H and O–H groups in total. The molecule has 0 fully saturated rings. The van der Waals surface area contributed by atoms with E-state index >= 15 is 0 Å². The zero-order chi connectivity index (χ0) is 20.1. The van der Waals surface area contributed by atoms with Crippen LogP contribution in [0.5, 0.6) is 5.75 Å². The van der Waals surface area contributed by atoms with Gasteiger partial charge in [0, 0.05) is 5.69 Å². The van der Waals surface area contributed by atoms with Crippen molar-refractivity contribution in [1.82, 2.24) is 15.1 Å². The van der Waals surface area contributed by atoms with Crippen LogP contribution in [0.15, 0.2) is 48.5 Å². The molecule has 1 heterocycles. The number of nitrogens with one attached hydrogen (secondary N) is 1. The van der Waals surface area contributed by atoms with Crippen molar-refractivity contribution in [1.29, 1.82) is 0 Å². The van der Waals surface area contributed by atoms with Gasteiger partial charge in [-0.2, -0.15) is 5.10 Å². The third-order valence-electron chi connectivity index (χ3n) is 4.74.